The minimum Gasteiger partial charge on any atom is -0.497 e. The van der Waals surface area contributed by atoms with Crippen LogP contribution in [0.2, 0.25) is 0 Å². The third-order valence-electron chi connectivity index (χ3n) is 7.09. The van der Waals surface area contributed by atoms with Gasteiger partial charge in [-0.05, 0) is 56.5 Å². The Labute approximate surface area is 190 Å². The van der Waals surface area contributed by atoms with E-state index in [1.54, 1.807) is 12.0 Å². The highest BCUT2D eigenvalue weighted by atomic mass is 16.5. The first-order valence-corrected chi connectivity index (χ1v) is 11.5. The number of nitrogens with zero attached hydrogens (tertiary/aromatic N) is 3. The predicted octanol–water partition coefficient (Wildman–Crippen LogP) is 3.60. The highest BCUT2D eigenvalue weighted by Gasteiger charge is 2.48. The standard InChI is InChI=1S/C26H33N3O3/c1-20(22-11-7-12-23(19-22)32-3)27-15-17-28(18-16-27)25(31)26(2)13-8-14-29(26)24(30)21-9-5-4-6-10-21/h4-7,9-12,19-20H,8,13-18H2,1-3H3. The van der Waals surface area contributed by atoms with Crippen LogP contribution in [0.3, 0.4) is 0 Å². The Bertz CT molecular complexity index is 956. The lowest BCUT2D eigenvalue weighted by Gasteiger charge is -2.43. The van der Waals surface area contributed by atoms with Crippen LogP contribution in [0.4, 0.5) is 0 Å². The summed E-state index contributed by atoms with van der Waals surface area (Å²) in [5.74, 6) is 0.887. The van der Waals surface area contributed by atoms with Gasteiger partial charge in [-0.25, -0.2) is 0 Å². The molecule has 2 atom stereocenters. The van der Waals surface area contributed by atoms with E-state index >= 15 is 0 Å². The zero-order chi connectivity index (χ0) is 22.7. The van der Waals surface area contributed by atoms with Crippen LogP contribution in [0.15, 0.2) is 54.6 Å². The summed E-state index contributed by atoms with van der Waals surface area (Å²) in [5.41, 5.74) is 1.09. The van der Waals surface area contributed by atoms with Crippen molar-refractivity contribution in [3.8, 4) is 5.75 Å². The van der Waals surface area contributed by atoms with Crippen LogP contribution < -0.4 is 4.74 Å². The second-order valence-electron chi connectivity index (χ2n) is 8.98. The van der Waals surface area contributed by atoms with Gasteiger partial charge >= 0.3 is 0 Å². The molecule has 2 fully saturated rings. The van der Waals surface area contributed by atoms with Gasteiger partial charge in [-0.2, -0.15) is 0 Å². The topological polar surface area (TPSA) is 53.1 Å². The fourth-order valence-corrected chi connectivity index (χ4v) is 5.01. The third-order valence-corrected chi connectivity index (χ3v) is 7.09. The monoisotopic (exact) mass is 435 g/mol. The van der Waals surface area contributed by atoms with E-state index in [2.05, 4.69) is 24.0 Å². The molecule has 32 heavy (non-hydrogen) atoms. The zero-order valence-electron chi connectivity index (χ0n) is 19.3. The summed E-state index contributed by atoms with van der Waals surface area (Å²) in [6.07, 6.45) is 1.57. The lowest BCUT2D eigenvalue weighted by Crippen LogP contribution is -2.60. The van der Waals surface area contributed by atoms with Crippen LogP contribution in [0.5, 0.6) is 5.75 Å². The van der Waals surface area contributed by atoms with Gasteiger partial charge in [-0.15, -0.1) is 0 Å². The fourth-order valence-electron chi connectivity index (χ4n) is 5.01. The summed E-state index contributed by atoms with van der Waals surface area (Å²) >= 11 is 0. The van der Waals surface area contributed by atoms with Crippen molar-refractivity contribution in [2.24, 2.45) is 0 Å². The van der Waals surface area contributed by atoms with E-state index in [1.165, 1.54) is 5.56 Å². The number of hydrogen-bond donors (Lipinski definition) is 0. The molecule has 2 saturated heterocycles. The zero-order valence-corrected chi connectivity index (χ0v) is 19.3. The number of piperazine rings is 1. The van der Waals surface area contributed by atoms with Crippen LogP contribution in [0, 0.1) is 0 Å². The van der Waals surface area contributed by atoms with Gasteiger partial charge in [0.2, 0.25) is 5.91 Å². The Hall–Kier alpha value is -2.86. The molecule has 2 aromatic rings. The first kappa shape index (κ1) is 22.3. The van der Waals surface area contributed by atoms with E-state index in [0.717, 1.165) is 25.3 Å². The van der Waals surface area contributed by atoms with E-state index in [-0.39, 0.29) is 17.9 Å². The molecule has 6 nitrogen and oxygen atoms in total. The van der Waals surface area contributed by atoms with Gasteiger partial charge in [0.15, 0.2) is 0 Å². The van der Waals surface area contributed by atoms with Crippen LogP contribution >= 0.6 is 0 Å². The number of ether oxygens (including phenoxy) is 1. The van der Waals surface area contributed by atoms with Crippen molar-refractivity contribution in [1.82, 2.24) is 14.7 Å². The van der Waals surface area contributed by atoms with E-state index in [1.807, 2.05) is 54.3 Å². The molecule has 0 aliphatic carbocycles. The molecule has 4 rings (SSSR count). The van der Waals surface area contributed by atoms with Gasteiger partial charge in [-0.3, -0.25) is 14.5 Å². The van der Waals surface area contributed by atoms with E-state index in [0.29, 0.717) is 31.6 Å². The van der Waals surface area contributed by atoms with Crippen molar-refractivity contribution >= 4 is 11.8 Å². The van der Waals surface area contributed by atoms with Crippen molar-refractivity contribution in [3.63, 3.8) is 0 Å². The van der Waals surface area contributed by atoms with Gasteiger partial charge in [-0.1, -0.05) is 30.3 Å². The van der Waals surface area contributed by atoms with Crippen molar-refractivity contribution in [2.75, 3.05) is 39.8 Å². The summed E-state index contributed by atoms with van der Waals surface area (Å²) in [4.78, 5) is 32.9. The van der Waals surface area contributed by atoms with E-state index in [9.17, 15) is 9.59 Å². The fraction of sp³-hybridized carbons (Fsp3) is 0.462. The first-order chi connectivity index (χ1) is 15.4. The summed E-state index contributed by atoms with van der Waals surface area (Å²) in [6, 6.07) is 17.7. The highest BCUT2D eigenvalue weighted by molar-refractivity contribution is 5.99. The molecule has 0 N–H and O–H groups in total. The molecule has 2 heterocycles. The Morgan fingerprint density at radius 3 is 2.38 bits per heavy atom. The molecule has 170 valence electrons. The largest absolute Gasteiger partial charge is 0.497 e. The molecule has 0 radical (unpaired) electrons. The number of amides is 2. The van der Waals surface area contributed by atoms with Crippen molar-refractivity contribution in [3.05, 3.63) is 65.7 Å². The molecular weight excluding hydrogens is 402 g/mol. The smallest absolute Gasteiger partial charge is 0.254 e. The molecule has 0 aromatic heterocycles. The number of likely N-dealkylation sites (tertiary alicyclic amines) is 1. The molecule has 2 amide bonds. The SMILES string of the molecule is COc1cccc(C(C)N2CCN(C(=O)C3(C)CCCN3C(=O)c3ccccc3)CC2)c1. The normalized spacial score (nSPS) is 22.6. The number of rotatable bonds is 5. The molecule has 2 aliphatic rings. The number of carbonyl (C=O) groups excluding carboxylic acids is 2. The van der Waals surface area contributed by atoms with E-state index < -0.39 is 5.54 Å². The van der Waals surface area contributed by atoms with Gasteiger partial charge in [0, 0.05) is 44.3 Å². The van der Waals surface area contributed by atoms with Crippen molar-refractivity contribution in [2.45, 2.75) is 38.3 Å². The molecule has 2 aliphatic heterocycles. The Kier molecular flexibility index (Phi) is 6.51. The second kappa shape index (κ2) is 9.33. The minimum absolute atomic E-state index is 0.0516. The molecule has 6 heteroatoms. The van der Waals surface area contributed by atoms with Gasteiger partial charge in [0.05, 0.1) is 7.11 Å². The van der Waals surface area contributed by atoms with E-state index in [4.69, 9.17) is 4.74 Å². The average molecular weight is 436 g/mol. The lowest BCUT2D eigenvalue weighted by molar-refractivity contribution is -0.142. The highest BCUT2D eigenvalue weighted by Crippen LogP contribution is 2.33. The molecule has 2 unspecified atom stereocenters. The number of methoxy groups -OCH3 is 1. The van der Waals surface area contributed by atoms with Gasteiger partial charge in [0.1, 0.15) is 11.3 Å². The molecule has 0 spiro atoms. The molecular formula is C26H33N3O3. The molecule has 0 bridgehead atoms. The van der Waals surface area contributed by atoms with Gasteiger partial charge < -0.3 is 14.5 Å². The number of benzene rings is 2. The first-order valence-electron chi connectivity index (χ1n) is 11.5. The van der Waals surface area contributed by atoms with Gasteiger partial charge in [0.25, 0.3) is 5.91 Å². The second-order valence-corrected chi connectivity index (χ2v) is 8.98. The van der Waals surface area contributed by atoms with Crippen LogP contribution in [-0.4, -0.2) is 71.9 Å². The van der Waals surface area contributed by atoms with Crippen LogP contribution in [0.1, 0.15) is 48.7 Å². The minimum atomic E-state index is -0.770. The summed E-state index contributed by atoms with van der Waals surface area (Å²) in [5, 5.41) is 0. The van der Waals surface area contributed by atoms with Crippen molar-refractivity contribution in [1.29, 1.82) is 0 Å². The quantitative estimate of drug-likeness (QED) is 0.720. The predicted molar refractivity (Wildman–Crippen MR) is 125 cm³/mol. The van der Waals surface area contributed by atoms with Crippen LogP contribution in [0.25, 0.3) is 0 Å². The number of carbonyl (C=O) groups is 2. The average Bonchev–Trinajstić information content (AvgIpc) is 3.25. The lowest BCUT2D eigenvalue weighted by atomic mass is 9.95. The maximum atomic E-state index is 13.6. The number of hydrogen-bond acceptors (Lipinski definition) is 4. The maximum Gasteiger partial charge on any atom is 0.254 e. The summed E-state index contributed by atoms with van der Waals surface area (Å²) in [7, 11) is 1.68. The molecule has 2 aromatic carbocycles. The third kappa shape index (κ3) is 4.24. The Morgan fingerprint density at radius 1 is 0.969 bits per heavy atom. The van der Waals surface area contributed by atoms with Crippen molar-refractivity contribution < 1.29 is 14.3 Å². The molecule has 0 saturated carbocycles. The Morgan fingerprint density at radius 2 is 1.69 bits per heavy atom. The maximum absolute atomic E-state index is 13.6. The summed E-state index contributed by atoms with van der Waals surface area (Å²) < 4.78 is 5.37. The summed E-state index contributed by atoms with van der Waals surface area (Å²) in [6.45, 7) is 7.74. The Balaban J connectivity index is 1.41. The van der Waals surface area contributed by atoms with Crippen LogP contribution in [-0.2, 0) is 4.79 Å².